The Morgan fingerprint density at radius 2 is 1.61 bits per heavy atom. The van der Waals surface area contributed by atoms with Crippen LogP contribution in [0.3, 0.4) is 0 Å². The normalized spacial score (nSPS) is 14.8. The van der Waals surface area contributed by atoms with Gasteiger partial charge in [-0.3, -0.25) is 0 Å². The minimum atomic E-state index is -4.66. The number of benzene rings is 2. The van der Waals surface area contributed by atoms with E-state index in [-0.39, 0.29) is 65.9 Å². The van der Waals surface area contributed by atoms with E-state index in [1.807, 2.05) is 0 Å². The number of imidazole rings is 1. The zero-order valence-electron chi connectivity index (χ0n) is 19.8. The molecule has 2 aromatic heterocycles. The Morgan fingerprint density at radius 1 is 0.895 bits per heavy atom. The quantitative estimate of drug-likeness (QED) is 0.316. The monoisotopic (exact) mass is 539 g/mol. The third kappa shape index (κ3) is 4.79. The molecule has 0 aliphatic carbocycles. The maximum Gasteiger partial charge on any atom is 0.419 e. The lowest BCUT2D eigenvalue weighted by Gasteiger charge is -2.36. The Balaban J connectivity index is 1.48. The van der Waals surface area contributed by atoms with Crippen LogP contribution in [-0.4, -0.2) is 48.2 Å². The van der Waals surface area contributed by atoms with E-state index in [0.29, 0.717) is 0 Å². The summed E-state index contributed by atoms with van der Waals surface area (Å²) in [6, 6.07) is 7.85. The summed E-state index contributed by atoms with van der Waals surface area (Å²) in [6.07, 6.45) is -7.94. The van der Waals surface area contributed by atoms with Crippen LogP contribution in [0, 0.1) is 5.82 Å². The molecule has 0 bridgehead atoms. The number of alkyl halides is 6. The summed E-state index contributed by atoms with van der Waals surface area (Å²) in [4.78, 5) is 14.6. The fraction of sp³-hybridized carbons (Fsp3) is 0.280. The standard InChI is InChI=1S/C25H20F7N5O/c1-38-20-5-4-14(11-18(20)26)16-12-15(24(27,28)29)13-19-21(16)35-23(34-19)37-9-7-36(8-10-37)22-17(25(30,31)32)3-2-6-33-22/h2-6,11-13H,7-10H2,1H3,(H,34,35). The average Bonchev–Trinajstić information content (AvgIpc) is 3.31. The van der Waals surface area contributed by atoms with Crippen molar-refractivity contribution >= 4 is 22.8 Å². The minimum Gasteiger partial charge on any atom is -0.494 e. The van der Waals surface area contributed by atoms with Crippen molar-refractivity contribution in [3.63, 3.8) is 0 Å². The Kier molecular flexibility index (Phi) is 6.32. The lowest BCUT2D eigenvalue weighted by Crippen LogP contribution is -2.47. The largest absolute Gasteiger partial charge is 0.494 e. The molecule has 0 atom stereocenters. The van der Waals surface area contributed by atoms with Crippen molar-refractivity contribution in [2.75, 3.05) is 43.1 Å². The third-order valence-electron chi connectivity index (χ3n) is 6.34. The highest BCUT2D eigenvalue weighted by Crippen LogP contribution is 2.39. The number of methoxy groups -OCH3 is 1. The maximum atomic E-state index is 14.4. The highest BCUT2D eigenvalue weighted by molar-refractivity contribution is 5.94. The van der Waals surface area contributed by atoms with Gasteiger partial charge in [-0.2, -0.15) is 26.3 Å². The van der Waals surface area contributed by atoms with E-state index in [1.165, 1.54) is 36.4 Å². The second kappa shape index (κ2) is 9.37. The van der Waals surface area contributed by atoms with Gasteiger partial charge in [0.2, 0.25) is 5.95 Å². The lowest BCUT2D eigenvalue weighted by atomic mass is 10.0. The number of pyridine rings is 1. The number of anilines is 2. The molecule has 4 aromatic rings. The molecule has 1 saturated heterocycles. The first kappa shape index (κ1) is 25.6. The van der Waals surface area contributed by atoms with Gasteiger partial charge in [-0.05, 0) is 42.0 Å². The van der Waals surface area contributed by atoms with Crippen LogP contribution in [0.2, 0.25) is 0 Å². The first-order valence-corrected chi connectivity index (χ1v) is 11.4. The van der Waals surface area contributed by atoms with Crippen LogP contribution in [0.1, 0.15) is 11.1 Å². The summed E-state index contributed by atoms with van der Waals surface area (Å²) >= 11 is 0. The molecule has 13 heteroatoms. The zero-order valence-corrected chi connectivity index (χ0v) is 19.8. The number of hydrogen-bond acceptors (Lipinski definition) is 5. The molecule has 0 radical (unpaired) electrons. The molecule has 1 N–H and O–H groups in total. The molecule has 3 heterocycles. The van der Waals surface area contributed by atoms with Crippen LogP contribution >= 0.6 is 0 Å². The van der Waals surface area contributed by atoms with Crippen LogP contribution < -0.4 is 14.5 Å². The van der Waals surface area contributed by atoms with Gasteiger partial charge in [-0.1, -0.05) is 6.07 Å². The topological polar surface area (TPSA) is 57.3 Å². The molecule has 38 heavy (non-hydrogen) atoms. The minimum absolute atomic E-state index is 0.0563. The summed E-state index contributed by atoms with van der Waals surface area (Å²) < 4.78 is 101. The molecule has 0 saturated carbocycles. The van der Waals surface area contributed by atoms with E-state index >= 15 is 0 Å². The molecule has 0 amide bonds. The van der Waals surface area contributed by atoms with Gasteiger partial charge >= 0.3 is 12.4 Å². The summed E-state index contributed by atoms with van der Waals surface area (Å²) in [5.41, 5.74) is -1.24. The predicted octanol–water partition coefficient (Wildman–Crippen LogP) is 6.14. The third-order valence-corrected chi connectivity index (χ3v) is 6.34. The smallest absolute Gasteiger partial charge is 0.419 e. The molecule has 6 nitrogen and oxygen atoms in total. The van der Waals surface area contributed by atoms with Crippen molar-refractivity contribution in [1.29, 1.82) is 0 Å². The number of H-pyrrole nitrogens is 1. The number of fused-ring (bicyclic) bond motifs is 1. The fourth-order valence-electron chi connectivity index (χ4n) is 4.47. The van der Waals surface area contributed by atoms with E-state index < -0.39 is 29.3 Å². The SMILES string of the molecule is COc1ccc(-c2cc(C(F)(F)F)cc3[nH]c(N4CCN(c5ncccc5C(F)(F)F)CC4)nc23)cc1F. The van der Waals surface area contributed by atoms with Gasteiger partial charge < -0.3 is 19.5 Å². The Bertz CT molecular complexity index is 1470. The van der Waals surface area contributed by atoms with E-state index in [0.717, 1.165) is 24.3 Å². The van der Waals surface area contributed by atoms with Gasteiger partial charge in [-0.25, -0.2) is 14.4 Å². The Hall–Kier alpha value is -4.03. The second-order valence-electron chi connectivity index (χ2n) is 8.67. The number of nitrogens with one attached hydrogen (secondary N) is 1. The van der Waals surface area contributed by atoms with Crippen molar-refractivity contribution < 1.29 is 35.5 Å². The summed E-state index contributed by atoms with van der Waals surface area (Å²) in [5, 5.41) is 0. The molecule has 200 valence electrons. The van der Waals surface area contributed by atoms with E-state index in [1.54, 1.807) is 4.90 Å². The fourth-order valence-corrected chi connectivity index (χ4v) is 4.47. The number of halogens is 7. The highest BCUT2D eigenvalue weighted by Gasteiger charge is 2.37. The van der Waals surface area contributed by atoms with E-state index in [9.17, 15) is 30.7 Å². The predicted molar refractivity (Wildman–Crippen MR) is 127 cm³/mol. The summed E-state index contributed by atoms with van der Waals surface area (Å²) in [5.74, 6) is -0.719. The van der Waals surface area contributed by atoms with Crippen LogP contribution in [0.15, 0.2) is 48.7 Å². The van der Waals surface area contributed by atoms with Crippen molar-refractivity contribution in [2.45, 2.75) is 12.4 Å². The number of ether oxygens (including phenoxy) is 1. The molecule has 0 spiro atoms. The molecular weight excluding hydrogens is 519 g/mol. The van der Waals surface area contributed by atoms with Crippen LogP contribution in [0.25, 0.3) is 22.2 Å². The number of piperazine rings is 1. The number of nitrogens with zero attached hydrogens (tertiary/aromatic N) is 4. The van der Waals surface area contributed by atoms with Crippen molar-refractivity contribution in [1.82, 2.24) is 15.0 Å². The molecular formula is C25H20F7N5O. The molecule has 1 aliphatic heterocycles. The highest BCUT2D eigenvalue weighted by atomic mass is 19.4. The molecule has 0 unspecified atom stereocenters. The molecule has 1 fully saturated rings. The number of aromatic amines is 1. The zero-order chi connectivity index (χ0) is 27.2. The Morgan fingerprint density at radius 3 is 2.24 bits per heavy atom. The first-order valence-electron chi connectivity index (χ1n) is 11.4. The van der Waals surface area contributed by atoms with Gasteiger partial charge in [-0.15, -0.1) is 0 Å². The maximum absolute atomic E-state index is 14.4. The van der Waals surface area contributed by atoms with Crippen LogP contribution in [0.5, 0.6) is 5.75 Å². The van der Waals surface area contributed by atoms with E-state index in [4.69, 9.17) is 4.74 Å². The number of aromatic nitrogens is 3. The van der Waals surface area contributed by atoms with Gasteiger partial charge in [0.1, 0.15) is 5.82 Å². The number of hydrogen-bond donors (Lipinski definition) is 1. The lowest BCUT2D eigenvalue weighted by molar-refractivity contribution is -0.138. The molecule has 5 rings (SSSR count). The average molecular weight is 539 g/mol. The molecule has 2 aromatic carbocycles. The first-order chi connectivity index (χ1) is 18.0. The van der Waals surface area contributed by atoms with Gasteiger partial charge in [0, 0.05) is 37.9 Å². The summed E-state index contributed by atoms with van der Waals surface area (Å²) in [6.45, 7) is 0.849. The van der Waals surface area contributed by atoms with Gasteiger partial charge in [0.25, 0.3) is 0 Å². The van der Waals surface area contributed by atoms with Crippen molar-refractivity contribution in [3.05, 3.63) is 65.6 Å². The van der Waals surface area contributed by atoms with Crippen LogP contribution in [-0.2, 0) is 12.4 Å². The van der Waals surface area contributed by atoms with E-state index in [2.05, 4.69) is 15.0 Å². The van der Waals surface area contributed by atoms with Gasteiger partial charge in [0.05, 0.1) is 29.3 Å². The number of rotatable bonds is 4. The van der Waals surface area contributed by atoms with Crippen molar-refractivity contribution in [2.24, 2.45) is 0 Å². The second-order valence-corrected chi connectivity index (χ2v) is 8.67. The van der Waals surface area contributed by atoms with Crippen molar-refractivity contribution in [3.8, 4) is 16.9 Å². The van der Waals surface area contributed by atoms with Gasteiger partial charge in [0.15, 0.2) is 11.6 Å². The van der Waals surface area contributed by atoms with Crippen LogP contribution in [0.4, 0.5) is 42.5 Å². The Labute approximate surface area is 211 Å². The summed E-state index contributed by atoms with van der Waals surface area (Å²) in [7, 11) is 1.28. The molecule has 1 aliphatic rings.